The molecule has 0 spiro atoms. The maximum absolute atomic E-state index is 5.74. The molecule has 0 amide bonds. The van der Waals surface area contributed by atoms with Crippen molar-refractivity contribution in [3.05, 3.63) is 41.5 Å². The van der Waals surface area contributed by atoms with E-state index >= 15 is 0 Å². The quantitative estimate of drug-likeness (QED) is 0.868. The van der Waals surface area contributed by atoms with Crippen molar-refractivity contribution in [3.8, 4) is 0 Å². The molecule has 1 unspecified atom stereocenters. The van der Waals surface area contributed by atoms with Crippen molar-refractivity contribution in [2.24, 2.45) is 5.41 Å². The Hall–Kier alpha value is -1.84. The second kappa shape index (κ2) is 4.08. The van der Waals surface area contributed by atoms with Gasteiger partial charge in [0, 0.05) is 11.6 Å². The van der Waals surface area contributed by atoms with Gasteiger partial charge in [-0.2, -0.15) is 4.98 Å². The van der Waals surface area contributed by atoms with E-state index in [2.05, 4.69) is 37.8 Å². The van der Waals surface area contributed by atoms with Crippen LogP contribution in [0.15, 0.2) is 28.8 Å². The van der Waals surface area contributed by atoms with Gasteiger partial charge in [0.25, 0.3) is 0 Å². The van der Waals surface area contributed by atoms with Crippen molar-refractivity contribution in [1.82, 2.24) is 10.1 Å². The van der Waals surface area contributed by atoms with E-state index in [0.29, 0.717) is 17.2 Å². The number of nitrogen functional groups attached to an aromatic ring is 1. The maximum atomic E-state index is 5.74. The zero-order chi connectivity index (χ0) is 14.5. The van der Waals surface area contributed by atoms with Gasteiger partial charge >= 0.3 is 0 Å². The van der Waals surface area contributed by atoms with Crippen molar-refractivity contribution in [2.45, 2.75) is 45.4 Å². The van der Waals surface area contributed by atoms with E-state index in [4.69, 9.17) is 10.3 Å². The predicted molar refractivity (Wildman–Crippen MR) is 78.4 cm³/mol. The van der Waals surface area contributed by atoms with Gasteiger partial charge in [-0.15, -0.1) is 0 Å². The van der Waals surface area contributed by atoms with Crippen LogP contribution in [0.2, 0.25) is 0 Å². The van der Waals surface area contributed by atoms with Crippen molar-refractivity contribution < 1.29 is 4.52 Å². The highest BCUT2D eigenvalue weighted by atomic mass is 16.5. The first kappa shape index (κ1) is 13.2. The molecule has 1 aliphatic carbocycles. The molecular formula is C16H21N3O. The first-order valence-corrected chi connectivity index (χ1v) is 7.01. The van der Waals surface area contributed by atoms with Gasteiger partial charge in [0.2, 0.25) is 5.89 Å². The Morgan fingerprint density at radius 2 is 1.85 bits per heavy atom. The molecule has 1 aromatic carbocycles. The Labute approximate surface area is 119 Å². The van der Waals surface area contributed by atoms with E-state index in [1.807, 2.05) is 24.3 Å². The number of hydrogen-bond acceptors (Lipinski definition) is 4. The minimum absolute atomic E-state index is 0.308. The van der Waals surface area contributed by atoms with Crippen LogP contribution in [0.5, 0.6) is 0 Å². The molecule has 20 heavy (non-hydrogen) atoms. The van der Waals surface area contributed by atoms with Gasteiger partial charge in [0.05, 0.1) is 5.41 Å². The monoisotopic (exact) mass is 271 g/mol. The Balaban J connectivity index is 1.90. The average Bonchev–Trinajstić information content (AvgIpc) is 2.82. The molecule has 2 N–H and O–H groups in total. The van der Waals surface area contributed by atoms with Crippen LogP contribution in [-0.2, 0) is 5.41 Å². The molecule has 0 saturated heterocycles. The van der Waals surface area contributed by atoms with E-state index in [1.54, 1.807) is 0 Å². The summed E-state index contributed by atoms with van der Waals surface area (Å²) in [5.74, 6) is 1.94. The second-order valence-corrected chi connectivity index (χ2v) is 6.95. The third-order valence-corrected chi connectivity index (χ3v) is 4.43. The number of anilines is 1. The normalized spacial score (nSPS) is 20.9. The van der Waals surface area contributed by atoms with Crippen molar-refractivity contribution in [2.75, 3.05) is 5.73 Å². The number of nitrogens with zero attached hydrogens (tertiary/aromatic N) is 2. The molecule has 1 atom stereocenters. The molecule has 2 aromatic rings. The summed E-state index contributed by atoms with van der Waals surface area (Å²) in [5, 5.41) is 4.17. The van der Waals surface area contributed by atoms with Crippen LogP contribution >= 0.6 is 0 Å². The highest BCUT2D eigenvalue weighted by Crippen LogP contribution is 2.57. The summed E-state index contributed by atoms with van der Waals surface area (Å²) in [7, 11) is 0. The number of aromatic nitrogens is 2. The molecule has 1 aromatic heterocycles. The summed E-state index contributed by atoms with van der Waals surface area (Å²) < 4.78 is 5.52. The van der Waals surface area contributed by atoms with E-state index in [-0.39, 0.29) is 5.41 Å². The number of benzene rings is 1. The van der Waals surface area contributed by atoms with E-state index < -0.39 is 0 Å². The summed E-state index contributed by atoms with van der Waals surface area (Å²) in [5.41, 5.74) is 7.63. The van der Waals surface area contributed by atoms with Crippen LogP contribution in [-0.4, -0.2) is 10.1 Å². The van der Waals surface area contributed by atoms with Gasteiger partial charge in [-0.25, -0.2) is 0 Å². The van der Waals surface area contributed by atoms with Crippen LogP contribution in [0, 0.1) is 5.41 Å². The fraction of sp³-hybridized carbons (Fsp3) is 0.500. The zero-order valence-corrected chi connectivity index (χ0v) is 12.5. The van der Waals surface area contributed by atoms with E-state index in [0.717, 1.165) is 23.5 Å². The number of hydrogen-bond donors (Lipinski definition) is 1. The molecule has 1 aliphatic rings. The Morgan fingerprint density at radius 3 is 2.40 bits per heavy atom. The topological polar surface area (TPSA) is 64.9 Å². The van der Waals surface area contributed by atoms with Crippen LogP contribution in [0.1, 0.15) is 57.3 Å². The average molecular weight is 271 g/mol. The maximum Gasteiger partial charge on any atom is 0.236 e. The van der Waals surface area contributed by atoms with Crippen LogP contribution in [0.25, 0.3) is 0 Å². The third kappa shape index (κ3) is 2.09. The molecule has 1 fully saturated rings. The lowest BCUT2D eigenvalue weighted by Gasteiger charge is -2.20. The summed E-state index contributed by atoms with van der Waals surface area (Å²) in [6.45, 7) is 8.65. The Morgan fingerprint density at radius 1 is 1.25 bits per heavy atom. The highest BCUT2D eigenvalue weighted by Gasteiger charge is 2.50. The second-order valence-electron chi connectivity index (χ2n) is 6.95. The fourth-order valence-corrected chi connectivity index (χ4v) is 2.56. The van der Waals surface area contributed by atoms with Crippen LogP contribution < -0.4 is 5.73 Å². The summed E-state index contributed by atoms with van der Waals surface area (Å²) >= 11 is 0. The zero-order valence-electron chi connectivity index (χ0n) is 12.5. The lowest BCUT2D eigenvalue weighted by molar-refractivity contribution is 0.329. The SMILES string of the molecule is CC(C)(c1ccc(N)cc1)c1nc(C2CC2(C)C)no1. The summed E-state index contributed by atoms with van der Waals surface area (Å²) in [6.07, 6.45) is 1.13. The smallest absolute Gasteiger partial charge is 0.236 e. The van der Waals surface area contributed by atoms with Crippen LogP contribution in [0.4, 0.5) is 5.69 Å². The molecule has 1 heterocycles. The molecular weight excluding hydrogens is 250 g/mol. The molecule has 3 rings (SSSR count). The Bertz CT molecular complexity index is 625. The van der Waals surface area contributed by atoms with Gasteiger partial charge in [-0.05, 0) is 43.4 Å². The lowest BCUT2D eigenvalue weighted by Crippen LogP contribution is -2.19. The fourth-order valence-electron chi connectivity index (χ4n) is 2.56. The standard InChI is InChI=1S/C16H21N3O/c1-15(2)9-12(15)13-18-14(20-19-13)16(3,4)10-5-7-11(17)8-6-10/h5-8,12H,9,17H2,1-4H3. The molecule has 106 valence electrons. The lowest BCUT2D eigenvalue weighted by atomic mass is 9.84. The van der Waals surface area contributed by atoms with Crippen molar-refractivity contribution >= 4 is 5.69 Å². The van der Waals surface area contributed by atoms with Crippen molar-refractivity contribution in [1.29, 1.82) is 0 Å². The van der Waals surface area contributed by atoms with Crippen molar-refractivity contribution in [3.63, 3.8) is 0 Å². The molecule has 4 heteroatoms. The first-order valence-electron chi connectivity index (χ1n) is 7.01. The molecule has 1 saturated carbocycles. The van der Waals surface area contributed by atoms with E-state index in [9.17, 15) is 0 Å². The first-order chi connectivity index (χ1) is 9.30. The minimum Gasteiger partial charge on any atom is -0.399 e. The van der Waals surface area contributed by atoms with E-state index in [1.165, 1.54) is 0 Å². The van der Waals surface area contributed by atoms with Crippen LogP contribution in [0.3, 0.4) is 0 Å². The molecule has 4 nitrogen and oxygen atoms in total. The minimum atomic E-state index is -0.308. The van der Waals surface area contributed by atoms with Gasteiger partial charge < -0.3 is 10.3 Å². The van der Waals surface area contributed by atoms with Gasteiger partial charge in [-0.3, -0.25) is 0 Å². The summed E-state index contributed by atoms with van der Waals surface area (Å²) in [4.78, 5) is 4.63. The predicted octanol–water partition coefficient (Wildman–Crippen LogP) is 3.49. The largest absolute Gasteiger partial charge is 0.399 e. The molecule has 0 bridgehead atoms. The highest BCUT2D eigenvalue weighted by molar-refractivity contribution is 5.42. The summed E-state index contributed by atoms with van der Waals surface area (Å²) in [6, 6.07) is 7.83. The number of rotatable bonds is 3. The molecule has 0 aliphatic heterocycles. The van der Waals surface area contributed by atoms with Gasteiger partial charge in [-0.1, -0.05) is 31.1 Å². The third-order valence-electron chi connectivity index (χ3n) is 4.43. The van der Waals surface area contributed by atoms with Gasteiger partial charge in [0.1, 0.15) is 0 Å². The Kier molecular flexibility index (Phi) is 2.68. The number of nitrogens with two attached hydrogens (primary N) is 1. The van der Waals surface area contributed by atoms with Gasteiger partial charge in [0.15, 0.2) is 5.82 Å². The molecule has 0 radical (unpaired) electrons.